The van der Waals surface area contributed by atoms with Crippen LogP contribution in [0.4, 0.5) is 4.79 Å². The van der Waals surface area contributed by atoms with Gasteiger partial charge in [0.05, 0.1) is 19.6 Å². The first kappa shape index (κ1) is 15.7. The Morgan fingerprint density at radius 1 is 1.37 bits per heavy atom. The minimum Gasteiger partial charge on any atom is -0.481 e. The number of carbonyl (C=O) groups is 2. The third-order valence-electron chi connectivity index (χ3n) is 3.16. The molecule has 19 heavy (non-hydrogen) atoms. The number of nitrogens with zero attached hydrogens (tertiary/aromatic N) is 1. The summed E-state index contributed by atoms with van der Waals surface area (Å²) < 4.78 is 5.06. The van der Waals surface area contributed by atoms with Gasteiger partial charge in [0.1, 0.15) is 0 Å². The molecule has 0 aromatic heterocycles. The van der Waals surface area contributed by atoms with Gasteiger partial charge in [0.25, 0.3) is 0 Å². The van der Waals surface area contributed by atoms with Crippen molar-refractivity contribution in [2.24, 2.45) is 0 Å². The van der Waals surface area contributed by atoms with E-state index in [1.807, 2.05) is 0 Å². The molecular formula is C12H23N3O4. The number of ether oxygens (including phenoxy) is 1. The van der Waals surface area contributed by atoms with Crippen LogP contribution in [0.5, 0.6) is 0 Å². The predicted molar refractivity (Wildman–Crippen MR) is 70.1 cm³/mol. The molecule has 0 bridgehead atoms. The lowest BCUT2D eigenvalue weighted by Crippen LogP contribution is -2.43. The van der Waals surface area contributed by atoms with E-state index in [0.29, 0.717) is 25.7 Å². The largest absolute Gasteiger partial charge is 0.481 e. The minimum atomic E-state index is -0.883. The molecule has 0 saturated carbocycles. The van der Waals surface area contributed by atoms with Crippen LogP contribution in [0.25, 0.3) is 0 Å². The highest BCUT2D eigenvalue weighted by atomic mass is 16.5. The molecule has 1 saturated heterocycles. The number of nitrogens with one attached hydrogen (secondary N) is 2. The van der Waals surface area contributed by atoms with Gasteiger partial charge in [-0.05, 0) is 26.4 Å². The lowest BCUT2D eigenvalue weighted by Gasteiger charge is -2.19. The maximum atomic E-state index is 11.5. The Kier molecular flexibility index (Phi) is 7.20. The first-order valence-electron chi connectivity index (χ1n) is 6.61. The number of urea groups is 1. The molecule has 1 heterocycles. The Hall–Kier alpha value is -1.34. The topological polar surface area (TPSA) is 90.9 Å². The lowest BCUT2D eigenvalue weighted by molar-refractivity contribution is -0.138. The maximum absolute atomic E-state index is 11.5. The number of hydrogen-bond donors (Lipinski definition) is 3. The van der Waals surface area contributed by atoms with Crippen LogP contribution in [0, 0.1) is 0 Å². The third-order valence-corrected chi connectivity index (χ3v) is 3.16. The molecule has 110 valence electrons. The van der Waals surface area contributed by atoms with Crippen molar-refractivity contribution in [1.82, 2.24) is 15.5 Å². The van der Waals surface area contributed by atoms with Crippen LogP contribution >= 0.6 is 0 Å². The van der Waals surface area contributed by atoms with Crippen LogP contribution in [-0.2, 0) is 9.53 Å². The molecule has 1 fully saturated rings. The van der Waals surface area contributed by atoms with Gasteiger partial charge in [0.2, 0.25) is 0 Å². The van der Waals surface area contributed by atoms with E-state index in [4.69, 9.17) is 9.84 Å². The Morgan fingerprint density at radius 2 is 2.16 bits per heavy atom. The summed E-state index contributed by atoms with van der Waals surface area (Å²) in [4.78, 5) is 23.9. The first-order valence-corrected chi connectivity index (χ1v) is 6.61. The molecule has 1 aliphatic heterocycles. The molecule has 1 unspecified atom stereocenters. The van der Waals surface area contributed by atoms with Gasteiger partial charge in [-0.3, -0.25) is 4.79 Å². The molecule has 7 heteroatoms. The second-order valence-electron chi connectivity index (χ2n) is 4.67. The van der Waals surface area contributed by atoms with Gasteiger partial charge in [0.15, 0.2) is 0 Å². The molecule has 7 nitrogen and oxygen atoms in total. The van der Waals surface area contributed by atoms with Crippen molar-refractivity contribution < 1.29 is 19.4 Å². The van der Waals surface area contributed by atoms with Crippen molar-refractivity contribution in [2.45, 2.75) is 25.3 Å². The van der Waals surface area contributed by atoms with Gasteiger partial charge in [-0.15, -0.1) is 0 Å². The quantitative estimate of drug-likeness (QED) is 0.536. The molecule has 3 N–H and O–H groups in total. The predicted octanol–water partition coefficient (Wildman–Crippen LogP) is -0.129. The fourth-order valence-corrected chi connectivity index (χ4v) is 2.01. The molecule has 0 aromatic carbocycles. The van der Waals surface area contributed by atoms with Crippen LogP contribution in [-0.4, -0.2) is 67.9 Å². The highest BCUT2D eigenvalue weighted by Crippen LogP contribution is 2.13. The number of amides is 2. The number of likely N-dealkylation sites (tertiary alicyclic amines) is 1. The van der Waals surface area contributed by atoms with Crippen LogP contribution in [0.1, 0.15) is 19.3 Å². The van der Waals surface area contributed by atoms with Crippen LogP contribution in [0.3, 0.4) is 0 Å². The highest BCUT2D eigenvalue weighted by molar-refractivity contribution is 5.73. The average Bonchev–Trinajstić information content (AvgIpc) is 2.76. The first-order chi connectivity index (χ1) is 9.09. The van der Waals surface area contributed by atoms with Crippen molar-refractivity contribution >= 4 is 12.0 Å². The number of carboxylic acid groups (broad SMARTS) is 1. The zero-order valence-corrected chi connectivity index (χ0v) is 11.4. The maximum Gasteiger partial charge on any atom is 0.314 e. The van der Waals surface area contributed by atoms with Gasteiger partial charge in [-0.25, -0.2) is 4.79 Å². The molecule has 0 aliphatic carbocycles. The molecule has 0 spiro atoms. The zero-order valence-electron chi connectivity index (χ0n) is 11.4. The van der Waals surface area contributed by atoms with Gasteiger partial charge < -0.3 is 25.4 Å². The second-order valence-corrected chi connectivity index (χ2v) is 4.67. The van der Waals surface area contributed by atoms with E-state index in [-0.39, 0.29) is 19.1 Å². The summed E-state index contributed by atoms with van der Waals surface area (Å²) in [5.41, 5.74) is 0. The third kappa shape index (κ3) is 6.97. The molecule has 0 aromatic rings. The second kappa shape index (κ2) is 8.71. The summed E-state index contributed by atoms with van der Waals surface area (Å²) in [6, 6.07) is 0.222. The standard InChI is InChI=1S/C12H23N3O4/c1-15-6-2-3-10(15)9-14-12(18)13-5-8-19-7-4-11(16)17/h10H,2-9H2,1H3,(H,16,17)(H2,13,14,18). The van der Waals surface area contributed by atoms with E-state index in [2.05, 4.69) is 22.6 Å². The van der Waals surface area contributed by atoms with Crippen molar-refractivity contribution in [3.05, 3.63) is 0 Å². The molecular weight excluding hydrogens is 250 g/mol. The van der Waals surface area contributed by atoms with E-state index in [9.17, 15) is 9.59 Å². The van der Waals surface area contributed by atoms with Crippen LogP contribution in [0.2, 0.25) is 0 Å². The van der Waals surface area contributed by atoms with E-state index in [1.54, 1.807) is 0 Å². The van der Waals surface area contributed by atoms with Crippen molar-refractivity contribution in [1.29, 1.82) is 0 Å². The number of aliphatic carboxylic acids is 1. The summed E-state index contributed by atoms with van der Waals surface area (Å²) in [5.74, 6) is -0.883. The Labute approximate surface area is 113 Å². The van der Waals surface area contributed by atoms with E-state index >= 15 is 0 Å². The molecule has 0 radical (unpaired) electrons. The van der Waals surface area contributed by atoms with Crippen molar-refractivity contribution in [2.75, 3.05) is 39.9 Å². The van der Waals surface area contributed by atoms with Crippen molar-refractivity contribution in [3.63, 3.8) is 0 Å². The van der Waals surface area contributed by atoms with Crippen molar-refractivity contribution in [3.8, 4) is 0 Å². The minimum absolute atomic E-state index is 0.0137. The lowest BCUT2D eigenvalue weighted by atomic mass is 10.2. The fourth-order valence-electron chi connectivity index (χ4n) is 2.01. The van der Waals surface area contributed by atoms with Crippen LogP contribution in [0.15, 0.2) is 0 Å². The summed E-state index contributed by atoms with van der Waals surface area (Å²) in [6.45, 7) is 2.62. The van der Waals surface area contributed by atoms with E-state index < -0.39 is 5.97 Å². The molecule has 1 aliphatic rings. The summed E-state index contributed by atoms with van der Waals surface area (Å²) >= 11 is 0. The van der Waals surface area contributed by atoms with E-state index in [1.165, 1.54) is 6.42 Å². The van der Waals surface area contributed by atoms with Crippen LogP contribution < -0.4 is 10.6 Å². The Morgan fingerprint density at radius 3 is 2.79 bits per heavy atom. The summed E-state index contributed by atoms with van der Waals surface area (Å²) in [5, 5.41) is 13.9. The summed E-state index contributed by atoms with van der Waals surface area (Å²) in [6.07, 6.45) is 2.29. The molecule has 1 atom stereocenters. The monoisotopic (exact) mass is 273 g/mol. The smallest absolute Gasteiger partial charge is 0.314 e. The SMILES string of the molecule is CN1CCCC1CNC(=O)NCCOCCC(=O)O. The number of rotatable bonds is 8. The zero-order chi connectivity index (χ0) is 14.1. The Balaban J connectivity index is 1.94. The van der Waals surface area contributed by atoms with Gasteiger partial charge in [-0.2, -0.15) is 0 Å². The number of carbonyl (C=O) groups excluding carboxylic acids is 1. The fraction of sp³-hybridized carbons (Fsp3) is 0.833. The molecule has 1 rings (SSSR count). The number of hydrogen-bond acceptors (Lipinski definition) is 4. The van der Waals surface area contributed by atoms with Gasteiger partial charge in [-0.1, -0.05) is 0 Å². The van der Waals surface area contributed by atoms with Gasteiger partial charge in [0, 0.05) is 19.1 Å². The number of likely N-dealkylation sites (N-methyl/N-ethyl adjacent to an activating group) is 1. The number of carboxylic acids is 1. The summed E-state index contributed by atoms with van der Waals surface area (Å²) in [7, 11) is 2.06. The van der Waals surface area contributed by atoms with Gasteiger partial charge >= 0.3 is 12.0 Å². The normalized spacial score (nSPS) is 19.3. The Bertz CT molecular complexity index is 299. The highest BCUT2D eigenvalue weighted by Gasteiger charge is 2.20. The average molecular weight is 273 g/mol. The van der Waals surface area contributed by atoms with E-state index in [0.717, 1.165) is 13.0 Å². The molecule has 2 amide bonds.